The summed E-state index contributed by atoms with van der Waals surface area (Å²) in [6.07, 6.45) is 0. The lowest BCUT2D eigenvalue weighted by atomic mass is 10.8. The number of hydrogen-bond donors (Lipinski definition) is 4. The first kappa shape index (κ1) is 16.7. The lowest BCUT2D eigenvalue weighted by Crippen LogP contribution is -2.29. The van der Waals surface area contributed by atoms with Crippen LogP contribution in [0.5, 0.6) is 0 Å². The normalized spacial score (nSPS) is 16.2. The van der Waals surface area contributed by atoms with Crippen LogP contribution in [-0.4, -0.2) is 59.6 Å². The maximum atomic E-state index is 11.0. The molecule has 0 fully saturated rings. The van der Waals surface area contributed by atoms with Gasteiger partial charge in [0.05, 0.1) is 13.2 Å². The standard InChI is InChI=1S/C4H10O10S3/c5-1-3(15(7)8)13-17(11,12)14-4(2-6)16(9)10/h3-6,15-16H,1-2H2. The van der Waals surface area contributed by atoms with Crippen molar-refractivity contribution in [2.75, 3.05) is 13.2 Å². The van der Waals surface area contributed by atoms with Crippen LogP contribution in [0, 0.1) is 0 Å². The first-order valence-electron chi connectivity index (χ1n) is 3.83. The van der Waals surface area contributed by atoms with Gasteiger partial charge in [-0.15, -0.1) is 0 Å². The molecule has 0 rings (SSSR count). The molecule has 0 radical (unpaired) electrons. The zero-order chi connectivity index (χ0) is 13.6. The van der Waals surface area contributed by atoms with E-state index in [-0.39, 0.29) is 0 Å². The van der Waals surface area contributed by atoms with Crippen LogP contribution in [0.4, 0.5) is 0 Å². The van der Waals surface area contributed by atoms with Gasteiger partial charge in [-0.3, -0.25) is 0 Å². The molecule has 0 spiro atoms. The second-order valence-electron chi connectivity index (χ2n) is 2.45. The maximum Gasteiger partial charge on any atom is 0.402 e. The lowest BCUT2D eigenvalue weighted by Gasteiger charge is -2.11. The Kier molecular flexibility index (Phi) is 7.07. The molecule has 0 aromatic heterocycles. The molecule has 0 bridgehead atoms. The third-order valence-electron chi connectivity index (χ3n) is 1.24. The first-order chi connectivity index (χ1) is 7.73. The molecule has 0 aromatic rings. The van der Waals surface area contributed by atoms with E-state index in [1.807, 2.05) is 0 Å². The van der Waals surface area contributed by atoms with Crippen LogP contribution >= 0.6 is 0 Å². The molecular formula is C4H10O10S3. The van der Waals surface area contributed by atoms with Crippen molar-refractivity contribution >= 4 is 31.8 Å². The summed E-state index contributed by atoms with van der Waals surface area (Å²) in [4.78, 5) is 0. The molecule has 2 unspecified atom stereocenters. The highest BCUT2D eigenvalue weighted by Crippen LogP contribution is 2.06. The summed E-state index contributed by atoms with van der Waals surface area (Å²) in [6.45, 7) is -2.32. The summed E-state index contributed by atoms with van der Waals surface area (Å²) in [5, 5.41) is 16.9. The van der Waals surface area contributed by atoms with E-state index in [9.17, 15) is 25.3 Å². The SMILES string of the molecule is O=[SH](=O)C(CO)OS(=O)(=O)OC(CO)[SH](=O)=O. The van der Waals surface area contributed by atoms with Crippen LogP contribution in [0.25, 0.3) is 0 Å². The molecule has 104 valence electrons. The van der Waals surface area contributed by atoms with Gasteiger partial charge >= 0.3 is 10.4 Å². The van der Waals surface area contributed by atoms with Gasteiger partial charge in [0.25, 0.3) is 0 Å². The number of hydrogen-bond acceptors (Lipinski definition) is 10. The largest absolute Gasteiger partial charge is 0.402 e. The first-order valence-corrected chi connectivity index (χ1v) is 7.66. The van der Waals surface area contributed by atoms with Crippen molar-refractivity contribution < 1.29 is 43.8 Å². The average molecular weight is 314 g/mol. The Morgan fingerprint density at radius 1 is 0.882 bits per heavy atom. The fourth-order valence-electron chi connectivity index (χ4n) is 0.559. The molecule has 0 heterocycles. The van der Waals surface area contributed by atoms with E-state index in [1.165, 1.54) is 0 Å². The van der Waals surface area contributed by atoms with Crippen molar-refractivity contribution in [2.45, 2.75) is 10.9 Å². The van der Waals surface area contributed by atoms with Crippen LogP contribution in [0.3, 0.4) is 0 Å². The van der Waals surface area contributed by atoms with Crippen molar-refractivity contribution in [1.29, 1.82) is 0 Å². The zero-order valence-electron chi connectivity index (χ0n) is 8.03. The Balaban J connectivity index is 4.80. The molecule has 0 amide bonds. The van der Waals surface area contributed by atoms with Crippen LogP contribution in [0.1, 0.15) is 0 Å². The van der Waals surface area contributed by atoms with E-state index >= 15 is 0 Å². The van der Waals surface area contributed by atoms with Gasteiger partial charge in [-0.1, -0.05) is 0 Å². The molecule has 0 aliphatic rings. The maximum absolute atomic E-state index is 11.0. The van der Waals surface area contributed by atoms with E-state index in [4.69, 9.17) is 10.2 Å². The van der Waals surface area contributed by atoms with E-state index in [1.54, 1.807) is 0 Å². The predicted molar refractivity (Wildman–Crippen MR) is 53.5 cm³/mol. The molecule has 0 aliphatic carbocycles. The van der Waals surface area contributed by atoms with Gasteiger partial charge in [-0.05, 0) is 0 Å². The van der Waals surface area contributed by atoms with Gasteiger partial charge in [0, 0.05) is 0 Å². The Bertz CT molecular complexity index is 418. The minimum Gasteiger partial charge on any atom is -0.393 e. The second kappa shape index (κ2) is 7.20. The molecule has 0 aromatic carbocycles. The van der Waals surface area contributed by atoms with Crippen LogP contribution in [-0.2, 0) is 40.2 Å². The van der Waals surface area contributed by atoms with Crippen molar-refractivity contribution in [1.82, 2.24) is 0 Å². The van der Waals surface area contributed by atoms with Crippen LogP contribution < -0.4 is 0 Å². The summed E-state index contributed by atoms with van der Waals surface area (Å²) in [6, 6.07) is 0. The molecule has 2 atom stereocenters. The number of thiol groups is 2. The second-order valence-corrected chi connectivity index (χ2v) is 5.94. The third kappa shape index (κ3) is 6.25. The van der Waals surface area contributed by atoms with Crippen molar-refractivity contribution in [2.24, 2.45) is 0 Å². The van der Waals surface area contributed by atoms with Gasteiger partial charge < -0.3 is 10.2 Å². The average Bonchev–Trinajstić information content (AvgIpc) is 2.22. The molecule has 17 heavy (non-hydrogen) atoms. The Labute approximate surface area is 100 Å². The van der Waals surface area contributed by atoms with Gasteiger partial charge in [0.1, 0.15) is 0 Å². The van der Waals surface area contributed by atoms with Gasteiger partial charge in [-0.25, -0.2) is 25.2 Å². The Hall–Kier alpha value is -0.310. The number of rotatable bonds is 8. The van der Waals surface area contributed by atoms with Crippen molar-refractivity contribution in [3.8, 4) is 0 Å². The highest BCUT2D eigenvalue weighted by atomic mass is 32.3. The molecular weight excluding hydrogens is 304 g/mol. The number of aliphatic hydroxyl groups is 2. The molecule has 10 nitrogen and oxygen atoms in total. The van der Waals surface area contributed by atoms with E-state index in [0.717, 1.165) is 0 Å². The fraction of sp³-hybridized carbons (Fsp3) is 1.00. The van der Waals surface area contributed by atoms with E-state index < -0.39 is 55.9 Å². The molecule has 2 N–H and O–H groups in total. The number of aliphatic hydroxyl groups excluding tert-OH is 2. The minimum atomic E-state index is -4.98. The van der Waals surface area contributed by atoms with Crippen LogP contribution in [0.15, 0.2) is 0 Å². The third-order valence-corrected chi connectivity index (χ3v) is 3.94. The topological polar surface area (TPSA) is 161 Å². The van der Waals surface area contributed by atoms with Gasteiger partial charge in [-0.2, -0.15) is 8.42 Å². The smallest absolute Gasteiger partial charge is 0.393 e. The van der Waals surface area contributed by atoms with Crippen molar-refractivity contribution in [3.63, 3.8) is 0 Å². The van der Waals surface area contributed by atoms with Crippen molar-refractivity contribution in [3.05, 3.63) is 0 Å². The van der Waals surface area contributed by atoms with Gasteiger partial charge in [0.2, 0.25) is 10.9 Å². The highest BCUT2D eigenvalue weighted by molar-refractivity contribution is 7.83. The fourth-order valence-corrected chi connectivity index (χ4v) is 2.73. The summed E-state index contributed by atoms with van der Waals surface area (Å²) in [7, 11) is -11.8. The van der Waals surface area contributed by atoms with Gasteiger partial charge in [0.15, 0.2) is 21.4 Å². The van der Waals surface area contributed by atoms with E-state index in [0.29, 0.717) is 0 Å². The highest BCUT2D eigenvalue weighted by Gasteiger charge is 2.27. The summed E-state index contributed by atoms with van der Waals surface area (Å²) >= 11 is 0. The monoisotopic (exact) mass is 314 g/mol. The summed E-state index contributed by atoms with van der Waals surface area (Å²) in [5.41, 5.74) is -4.17. The molecule has 13 heteroatoms. The molecule has 0 aliphatic heterocycles. The quantitative estimate of drug-likeness (QED) is 0.326. The lowest BCUT2D eigenvalue weighted by molar-refractivity contribution is 0.119. The zero-order valence-corrected chi connectivity index (χ0v) is 10.6. The van der Waals surface area contributed by atoms with E-state index in [2.05, 4.69) is 8.37 Å². The Morgan fingerprint density at radius 2 is 1.18 bits per heavy atom. The minimum absolute atomic E-state index is 1.16. The summed E-state index contributed by atoms with van der Waals surface area (Å²) < 4.78 is 71.1. The summed E-state index contributed by atoms with van der Waals surface area (Å²) in [5.74, 6) is 0. The molecule has 0 saturated carbocycles. The van der Waals surface area contributed by atoms with Crippen LogP contribution in [0.2, 0.25) is 0 Å². The Morgan fingerprint density at radius 3 is 1.35 bits per heavy atom. The predicted octanol–water partition coefficient (Wildman–Crippen LogP) is -3.88. The molecule has 0 saturated heterocycles.